The minimum absolute atomic E-state index is 0.0292. The summed E-state index contributed by atoms with van der Waals surface area (Å²) in [5.74, 6) is -0.464. The average molecular weight is 238 g/mol. The van der Waals surface area contributed by atoms with Crippen LogP contribution in [0.1, 0.15) is 34.5 Å². The predicted molar refractivity (Wildman–Crippen MR) is 57.9 cm³/mol. The van der Waals surface area contributed by atoms with Crippen LogP contribution in [0.2, 0.25) is 0 Å². The second-order valence-corrected chi connectivity index (χ2v) is 4.08. The van der Waals surface area contributed by atoms with Crippen LogP contribution in [0.5, 0.6) is 0 Å². The largest absolute Gasteiger partial charge is 0.463 e. The summed E-state index contributed by atoms with van der Waals surface area (Å²) in [5.41, 5.74) is 0. The van der Waals surface area contributed by atoms with Crippen LogP contribution in [0, 0.1) is 5.92 Å². The van der Waals surface area contributed by atoms with E-state index in [4.69, 9.17) is 9.15 Å². The van der Waals surface area contributed by atoms with E-state index in [-0.39, 0.29) is 23.2 Å². The van der Waals surface area contributed by atoms with Gasteiger partial charge in [-0.3, -0.25) is 4.79 Å². The third-order valence-corrected chi connectivity index (χ3v) is 2.88. The van der Waals surface area contributed by atoms with E-state index in [1.165, 1.54) is 19.2 Å². The molecule has 2 unspecified atom stereocenters. The van der Waals surface area contributed by atoms with Crippen molar-refractivity contribution in [3.05, 3.63) is 23.7 Å². The molecule has 0 aromatic carbocycles. The Labute approximate surface area is 98.7 Å². The molecule has 2 atom stereocenters. The second-order valence-electron chi connectivity index (χ2n) is 4.08. The summed E-state index contributed by atoms with van der Waals surface area (Å²) in [6, 6.07) is 2.90. The minimum Gasteiger partial charge on any atom is -0.463 e. The number of methoxy groups -OCH3 is 1. The lowest BCUT2D eigenvalue weighted by Gasteiger charge is -2.10. The van der Waals surface area contributed by atoms with Crippen LogP contribution in [0.15, 0.2) is 16.5 Å². The third kappa shape index (κ3) is 2.24. The molecule has 0 amide bonds. The Morgan fingerprint density at radius 2 is 2.06 bits per heavy atom. The topological polar surface area (TPSA) is 65.7 Å². The molecule has 1 aromatic heterocycles. The lowest BCUT2D eigenvalue weighted by atomic mass is 9.99. The molecule has 2 rings (SSSR count). The van der Waals surface area contributed by atoms with Crippen LogP contribution in [0.3, 0.4) is 0 Å². The monoisotopic (exact) mass is 238 g/mol. The number of ketones is 1. The molecule has 0 aliphatic carbocycles. The molecule has 0 radical (unpaired) electrons. The van der Waals surface area contributed by atoms with Gasteiger partial charge in [-0.25, -0.2) is 4.79 Å². The van der Waals surface area contributed by atoms with Gasteiger partial charge in [-0.15, -0.1) is 0 Å². The molecule has 2 heterocycles. The molecular weight excluding hydrogens is 224 g/mol. The fourth-order valence-corrected chi connectivity index (χ4v) is 1.85. The van der Waals surface area contributed by atoms with Crippen molar-refractivity contribution in [1.29, 1.82) is 0 Å². The average Bonchev–Trinajstić information content (AvgIpc) is 2.95. The predicted octanol–water partition coefficient (Wildman–Crippen LogP) is 1.67. The van der Waals surface area contributed by atoms with E-state index < -0.39 is 12.1 Å². The Kier molecular flexibility index (Phi) is 3.28. The van der Waals surface area contributed by atoms with Crippen LogP contribution in [-0.2, 0) is 9.47 Å². The Hall–Kier alpha value is -1.62. The van der Waals surface area contributed by atoms with E-state index in [0.29, 0.717) is 6.61 Å². The first-order chi connectivity index (χ1) is 8.13. The van der Waals surface area contributed by atoms with Gasteiger partial charge in [0.1, 0.15) is 6.10 Å². The van der Waals surface area contributed by atoms with E-state index in [1.54, 1.807) is 0 Å². The Morgan fingerprint density at radius 1 is 1.35 bits per heavy atom. The van der Waals surface area contributed by atoms with Gasteiger partial charge in [0.25, 0.3) is 0 Å². The molecule has 0 spiro atoms. The van der Waals surface area contributed by atoms with Crippen molar-refractivity contribution in [2.45, 2.75) is 19.4 Å². The number of hydrogen-bond donors (Lipinski definition) is 0. The Bertz CT molecular complexity index is 434. The summed E-state index contributed by atoms with van der Waals surface area (Å²) in [6.07, 6.45) is 0.396. The highest BCUT2D eigenvalue weighted by molar-refractivity contribution is 5.98. The SMILES string of the molecule is COC(=O)c1ccc(C(=O)C2OCCC2C)o1. The van der Waals surface area contributed by atoms with E-state index in [0.717, 1.165) is 6.42 Å². The molecule has 1 saturated heterocycles. The first-order valence-electron chi connectivity index (χ1n) is 5.47. The molecule has 92 valence electrons. The zero-order chi connectivity index (χ0) is 12.4. The molecule has 1 aliphatic rings. The number of ether oxygens (including phenoxy) is 2. The number of hydrogen-bond acceptors (Lipinski definition) is 5. The van der Waals surface area contributed by atoms with Gasteiger partial charge in [0, 0.05) is 6.61 Å². The van der Waals surface area contributed by atoms with Gasteiger partial charge in [-0.2, -0.15) is 0 Å². The van der Waals surface area contributed by atoms with Crippen molar-refractivity contribution in [3.8, 4) is 0 Å². The summed E-state index contributed by atoms with van der Waals surface area (Å²) in [4.78, 5) is 23.2. The molecule has 0 bridgehead atoms. The van der Waals surface area contributed by atoms with Gasteiger partial charge >= 0.3 is 5.97 Å². The van der Waals surface area contributed by atoms with Gasteiger partial charge < -0.3 is 13.9 Å². The van der Waals surface area contributed by atoms with Crippen molar-refractivity contribution < 1.29 is 23.5 Å². The summed E-state index contributed by atoms with van der Waals surface area (Å²) >= 11 is 0. The third-order valence-electron chi connectivity index (χ3n) is 2.88. The van der Waals surface area contributed by atoms with Crippen LogP contribution < -0.4 is 0 Å². The van der Waals surface area contributed by atoms with Crippen LogP contribution in [0.25, 0.3) is 0 Å². The number of carbonyl (C=O) groups excluding carboxylic acids is 2. The van der Waals surface area contributed by atoms with Gasteiger partial charge in [-0.05, 0) is 24.5 Å². The van der Waals surface area contributed by atoms with E-state index in [1.807, 2.05) is 6.92 Å². The highest BCUT2D eigenvalue weighted by Gasteiger charge is 2.33. The van der Waals surface area contributed by atoms with Crippen molar-refractivity contribution in [2.24, 2.45) is 5.92 Å². The summed E-state index contributed by atoms with van der Waals surface area (Å²) < 4.78 is 15.0. The number of esters is 1. The normalized spacial score (nSPS) is 23.6. The van der Waals surface area contributed by atoms with E-state index in [2.05, 4.69) is 4.74 Å². The van der Waals surface area contributed by atoms with E-state index >= 15 is 0 Å². The molecule has 1 aromatic rings. The molecule has 0 saturated carbocycles. The van der Waals surface area contributed by atoms with Gasteiger partial charge in [0.2, 0.25) is 11.5 Å². The molecular formula is C12H14O5. The van der Waals surface area contributed by atoms with Crippen molar-refractivity contribution in [1.82, 2.24) is 0 Å². The zero-order valence-electron chi connectivity index (χ0n) is 9.76. The molecule has 1 fully saturated rings. The second kappa shape index (κ2) is 4.71. The van der Waals surface area contributed by atoms with Crippen molar-refractivity contribution >= 4 is 11.8 Å². The molecule has 17 heavy (non-hydrogen) atoms. The smallest absolute Gasteiger partial charge is 0.373 e. The fraction of sp³-hybridized carbons (Fsp3) is 0.500. The summed E-state index contributed by atoms with van der Waals surface area (Å²) in [5, 5.41) is 0. The number of rotatable bonds is 3. The van der Waals surface area contributed by atoms with Crippen molar-refractivity contribution in [2.75, 3.05) is 13.7 Å². The maximum Gasteiger partial charge on any atom is 0.373 e. The van der Waals surface area contributed by atoms with Gasteiger partial charge in [0.05, 0.1) is 7.11 Å². The summed E-state index contributed by atoms with van der Waals surface area (Å²) in [7, 11) is 1.26. The number of Topliss-reactive ketones (excluding diaryl/α,β-unsaturated/α-hetero) is 1. The molecule has 0 N–H and O–H groups in total. The summed E-state index contributed by atoms with van der Waals surface area (Å²) in [6.45, 7) is 2.54. The van der Waals surface area contributed by atoms with Crippen molar-refractivity contribution in [3.63, 3.8) is 0 Å². The fourth-order valence-electron chi connectivity index (χ4n) is 1.85. The Morgan fingerprint density at radius 3 is 2.65 bits per heavy atom. The van der Waals surface area contributed by atoms with Crippen LogP contribution in [-0.4, -0.2) is 31.6 Å². The maximum atomic E-state index is 12.0. The van der Waals surface area contributed by atoms with Gasteiger partial charge in [-0.1, -0.05) is 6.92 Å². The Balaban J connectivity index is 2.14. The number of carbonyl (C=O) groups is 2. The highest BCUT2D eigenvalue weighted by atomic mass is 16.5. The zero-order valence-corrected chi connectivity index (χ0v) is 9.76. The lowest BCUT2D eigenvalue weighted by Crippen LogP contribution is -2.24. The van der Waals surface area contributed by atoms with E-state index in [9.17, 15) is 9.59 Å². The van der Waals surface area contributed by atoms with Crippen LogP contribution >= 0.6 is 0 Å². The standard InChI is InChI=1S/C12H14O5/c1-7-5-6-16-11(7)10(13)8-3-4-9(17-8)12(14)15-2/h3-4,7,11H,5-6H2,1-2H3. The first kappa shape index (κ1) is 11.9. The lowest BCUT2D eigenvalue weighted by molar-refractivity contribution is 0.0526. The molecule has 1 aliphatic heterocycles. The number of furan rings is 1. The van der Waals surface area contributed by atoms with Crippen LogP contribution in [0.4, 0.5) is 0 Å². The highest BCUT2D eigenvalue weighted by Crippen LogP contribution is 2.24. The molecule has 5 heteroatoms. The quantitative estimate of drug-likeness (QED) is 0.592. The first-order valence-corrected chi connectivity index (χ1v) is 5.47. The van der Waals surface area contributed by atoms with Gasteiger partial charge in [0.15, 0.2) is 5.76 Å². The molecule has 5 nitrogen and oxygen atoms in total. The maximum absolute atomic E-state index is 12.0. The minimum atomic E-state index is -0.593.